The highest BCUT2D eigenvalue weighted by Gasteiger charge is 2.17. The lowest BCUT2D eigenvalue weighted by atomic mass is 10.1. The number of benzene rings is 1. The van der Waals surface area contributed by atoms with Gasteiger partial charge in [-0.3, -0.25) is 0 Å². The Balaban J connectivity index is 1.88. The molecule has 0 bridgehead atoms. The van der Waals surface area contributed by atoms with Gasteiger partial charge in [-0.15, -0.1) is 0 Å². The number of rotatable bonds is 3. The van der Waals surface area contributed by atoms with Crippen molar-refractivity contribution in [3.05, 3.63) is 48.2 Å². The number of nitrogens with zero attached hydrogens (tertiary/aromatic N) is 2. The summed E-state index contributed by atoms with van der Waals surface area (Å²) in [6.45, 7) is 0. The molecule has 1 heterocycles. The van der Waals surface area contributed by atoms with E-state index in [4.69, 9.17) is 0 Å². The molecule has 1 aromatic carbocycles. The van der Waals surface area contributed by atoms with Gasteiger partial charge in [0, 0.05) is 17.8 Å². The SMILES string of the molecule is N#Cc1cc(-c2ccccc2)cnc1NC1CCCC1. The van der Waals surface area contributed by atoms with Gasteiger partial charge in [-0.1, -0.05) is 43.2 Å². The van der Waals surface area contributed by atoms with Crippen LogP contribution in [0.1, 0.15) is 31.2 Å². The lowest BCUT2D eigenvalue weighted by Gasteiger charge is -2.14. The molecule has 0 amide bonds. The number of pyridine rings is 1. The number of anilines is 1. The third-order valence-corrected chi connectivity index (χ3v) is 3.81. The molecule has 0 unspecified atom stereocenters. The highest BCUT2D eigenvalue weighted by molar-refractivity contribution is 5.67. The summed E-state index contributed by atoms with van der Waals surface area (Å²) < 4.78 is 0. The molecule has 0 spiro atoms. The van der Waals surface area contributed by atoms with Gasteiger partial charge in [-0.05, 0) is 24.5 Å². The molecule has 100 valence electrons. The topological polar surface area (TPSA) is 48.7 Å². The van der Waals surface area contributed by atoms with E-state index in [0.717, 1.165) is 16.9 Å². The first kappa shape index (κ1) is 12.7. The van der Waals surface area contributed by atoms with Gasteiger partial charge in [0.2, 0.25) is 0 Å². The predicted molar refractivity (Wildman–Crippen MR) is 80.3 cm³/mol. The number of hydrogen-bond acceptors (Lipinski definition) is 3. The summed E-state index contributed by atoms with van der Waals surface area (Å²) in [6, 6.07) is 14.7. The minimum absolute atomic E-state index is 0.470. The molecule has 3 nitrogen and oxygen atoms in total. The van der Waals surface area contributed by atoms with Crippen molar-refractivity contribution in [3.63, 3.8) is 0 Å². The maximum absolute atomic E-state index is 9.33. The van der Waals surface area contributed by atoms with Crippen LogP contribution in [0.4, 0.5) is 5.82 Å². The van der Waals surface area contributed by atoms with E-state index in [2.05, 4.69) is 16.4 Å². The highest BCUT2D eigenvalue weighted by atomic mass is 15.0. The highest BCUT2D eigenvalue weighted by Crippen LogP contribution is 2.26. The molecule has 0 radical (unpaired) electrons. The van der Waals surface area contributed by atoms with E-state index in [1.165, 1.54) is 25.7 Å². The summed E-state index contributed by atoms with van der Waals surface area (Å²) >= 11 is 0. The van der Waals surface area contributed by atoms with Crippen LogP contribution in [0, 0.1) is 11.3 Å². The molecular formula is C17H17N3. The van der Waals surface area contributed by atoms with Crippen LogP contribution in [0.15, 0.2) is 42.6 Å². The van der Waals surface area contributed by atoms with E-state index in [-0.39, 0.29) is 0 Å². The minimum atomic E-state index is 0.470. The van der Waals surface area contributed by atoms with Crippen molar-refractivity contribution in [2.75, 3.05) is 5.32 Å². The molecule has 1 N–H and O–H groups in total. The van der Waals surface area contributed by atoms with E-state index in [9.17, 15) is 5.26 Å². The largest absolute Gasteiger partial charge is 0.366 e. The predicted octanol–water partition coefficient (Wildman–Crippen LogP) is 3.97. The Morgan fingerprint density at radius 2 is 1.85 bits per heavy atom. The van der Waals surface area contributed by atoms with Gasteiger partial charge >= 0.3 is 0 Å². The van der Waals surface area contributed by atoms with Crippen LogP contribution in [-0.2, 0) is 0 Å². The molecule has 1 aromatic heterocycles. The van der Waals surface area contributed by atoms with E-state index < -0.39 is 0 Å². The molecule has 1 fully saturated rings. The van der Waals surface area contributed by atoms with Gasteiger partial charge in [-0.25, -0.2) is 4.98 Å². The zero-order valence-electron chi connectivity index (χ0n) is 11.3. The second-order valence-corrected chi connectivity index (χ2v) is 5.22. The number of aromatic nitrogens is 1. The Hall–Kier alpha value is -2.34. The average Bonchev–Trinajstić information content (AvgIpc) is 3.01. The lowest BCUT2D eigenvalue weighted by Crippen LogP contribution is -2.16. The van der Waals surface area contributed by atoms with Crippen LogP contribution in [0.5, 0.6) is 0 Å². The van der Waals surface area contributed by atoms with Gasteiger partial charge < -0.3 is 5.32 Å². The van der Waals surface area contributed by atoms with Crippen LogP contribution in [0.2, 0.25) is 0 Å². The number of hydrogen-bond donors (Lipinski definition) is 1. The maximum atomic E-state index is 9.33. The first-order chi connectivity index (χ1) is 9.86. The normalized spacial score (nSPS) is 14.9. The smallest absolute Gasteiger partial charge is 0.144 e. The Morgan fingerprint density at radius 1 is 1.10 bits per heavy atom. The summed E-state index contributed by atoms with van der Waals surface area (Å²) in [6.07, 6.45) is 6.72. The molecular weight excluding hydrogens is 246 g/mol. The fourth-order valence-corrected chi connectivity index (χ4v) is 2.72. The van der Waals surface area contributed by atoms with E-state index in [1.54, 1.807) is 0 Å². The van der Waals surface area contributed by atoms with Crippen molar-refractivity contribution < 1.29 is 0 Å². The Kier molecular flexibility index (Phi) is 3.64. The Morgan fingerprint density at radius 3 is 2.55 bits per heavy atom. The summed E-state index contributed by atoms with van der Waals surface area (Å²) in [5.41, 5.74) is 2.70. The van der Waals surface area contributed by atoms with Crippen molar-refractivity contribution in [2.45, 2.75) is 31.7 Å². The first-order valence-electron chi connectivity index (χ1n) is 7.09. The zero-order chi connectivity index (χ0) is 13.8. The van der Waals surface area contributed by atoms with Gasteiger partial charge in [0.25, 0.3) is 0 Å². The van der Waals surface area contributed by atoms with Gasteiger partial charge in [0.05, 0.1) is 5.56 Å². The zero-order valence-corrected chi connectivity index (χ0v) is 11.3. The maximum Gasteiger partial charge on any atom is 0.144 e. The quantitative estimate of drug-likeness (QED) is 0.911. The third-order valence-electron chi connectivity index (χ3n) is 3.81. The van der Waals surface area contributed by atoms with E-state index in [0.29, 0.717) is 11.6 Å². The molecule has 2 aromatic rings. The van der Waals surface area contributed by atoms with Crippen molar-refractivity contribution >= 4 is 5.82 Å². The summed E-state index contributed by atoms with van der Waals surface area (Å²) in [7, 11) is 0. The lowest BCUT2D eigenvalue weighted by molar-refractivity contribution is 0.750. The van der Waals surface area contributed by atoms with E-state index in [1.807, 2.05) is 42.6 Å². The van der Waals surface area contributed by atoms with Crippen molar-refractivity contribution in [3.8, 4) is 17.2 Å². The van der Waals surface area contributed by atoms with Crippen LogP contribution in [0.3, 0.4) is 0 Å². The molecule has 1 aliphatic carbocycles. The van der Waals surface area contributed by atoms with Crippen LogP contribution in [0.25, 0.3) is 11.1 Å². The third kappa shape index (κ3) is 2.65. The second-order valence-electron chi connectivity index (χ2n) is 5.22. The standard InChI is InChI=1S/C17H17N3/c18-11-14-10-15(13-6-2-1-3-7-13)12-19-17(14)20-16-8-4-5-9-16/h1-3,6-7,10,12,16H,4-5,8-9H2,(H,19,20). The summed E-state index contributed by atoms with van der Waals surface area (Å²) in [5.74, 6) is 0.721. The Labute approximate surface area is 119 Å². The van der Waals surface area contributed by atoms with Crippen LogP contribution < -0.4 is 5.32 Å². The number of nitrogens with one attached hydrogen (secondary N) is 1. The molecule has 0 atom stereocenters. The molecule has 1 saturated carbocycles. The van der Waals surface area contributed by atoms with Crippen LogP contribution in [-0.4, -0.2) is 11.0 Å². The van der Waals surface area contributed by atoms with Crippen LogP contribution >= 0.6 is 0 Å². The minimum Gasteiger partial charge on any atom is -0.366 e. The molecule has 3 rings (SSSR count). The second kappa shape index (κ2) is 5.75. The molecule has 0 aliphatic heterocycles. The molecule has 0 saturated heterocycles. The monoisotopic (exact) mass is 263 g/mol. The van der Waals surface area contributed by atoms with Crippen molar-refractivity contribution in [1.82, 2.24) is 4.98 Å². The van der Waals surface area contributed by atoms with Gasteiger partial charge in [-0.2, -0.15) is 5.26 Å². The summed E-state index contributed by atoms with van der Waals surface area (Å²) in [5, 5.41) is 12.7. The molecule has 3 heteroatoms. The molecule has 20 heavy (non-hydrogen) atoms. The van der Waals surface area contributed by atoms with Gasteiger partial charge in [0.15, 0.2) is 0 Å². The Bertz CT molecular complexity index is 622. The van der Waals surface area contributed by atoms with Crippen molar-refractivity contribution in [2.24, 2.45) is 0 Å². The van der Waals surface area contributed by atoms with Crippen molar-refractivity contribution in [1.29, 1.82) is 5.26 Å². The average molecular weight is 263 g/mol. The van der Waals surface area contributed by atoms with Gasteiger partial charge in [0.1, 0.15) is 11.9 Å². The van der Waals surface area contributed by atoms with E-state index >= 15 is 0 Å². The summed E-state index contributed by atoms with van der Waals surface area (Å²) in [4.78, 5) is 4.46. The number of nitriles is 1. The first-order valence-corrected chi connectivity index (χ1v) is 7.09. The fourth-order valence-electron chi connectivity index (χ4n) is 2.72. The fraction of sp³-hybridized carbons (Fsp3) is 0.294. The molecule has 1 aliphatic rings.